The largest absolute Gasteiger partial charge is 0.355 e. The Morgan fingerprint density at radius 2 is 1.76 bits per heavy atom. The van der Waals surface area contributed by atoms with E-state index in [1.54, 1.807) is 13.0 Å². The third-order valence-corrected chi connectivity index (χ3v) is 8.96. The first-order valence-electron chi connectivity index (χ1n) is 12.3. The lowest BCUT2D eigenvalue weighted by molar-refractivity contribution is -0.136. The average molecular weight is 486 g/mol. The maximum absolute atomic E-state index is 13.7. The second-order valence-electron chi connectivity index (χ2n) is 9.60. The molecule has 3 heterocycles. The van der Waals surface area contributed by atoms with Crippen molar-refractivity contribution in [3.05, 3.63) is 46.3 Å². The van der Waals surface area contributed by atoms with Crippen molar-refractivity contribution in [3.63, 3.8) is 0 Å². The van der Waals surface area contributed by atoms with Gasteiger partial charge in [-0.15, -0.1) is 0 Å². The molecule has 0 radical (unpaired) electrons. The van der Waals surface area contributed by atoms with Crippen LogP contribution < -0.4 is 0 Å². The third-order valence-electron chi connectivity index (χ3n) is 6.93. The van der Waals surface area contributed by atoms with Crippen molar-refractivity contribution in [2.24, 2.45) is 5.92 Å². The minimum Gasteiger partial charge on any atom is -0.355 e. The minimum absolute atomic E-state index is 0.0944. The Hall–Kier alpha value is -2.45. The van der Waals surface area contributed by atoms with Crippen LogP contribution in [0, 0.1) is 26.7 Å². The summed E-state index contributed by atoms with van der Waals surface area (Å²) in [6.07, 6.45) is 9.29. The number of aromatic nitrogens is 1. The summed E-state index contributed by atoms with van der Waals surface area (Å²) in [4.78, 5) is 15.2. The van der Waals surface area contributed by atoms with Crippen LogP contribution >= 0.6 is 0 Å². The second-order valence-corrected chi connectivity index (χ2v) is 11.5. The Morgan fingerprint density at radius 3 is 2.50 bits per heavy atom. The van der Waals surface area contributed by atoms with Crippen LogP contribution in [-0.2, 0) is 14.8 Å². The van der Waals surface area contributed by atoms with E-state index in [0.29, 0.717) is 18.7 Å². The van der Waals surface area contributed by atoms with Gasteiger partial charge in [0.05, 0.1) is 5.92 Å². The van der Waals surface area contributed by atoms with Crippen LogP contribution in [-0.4, -0.2) is 54.9 Å². The van der Waals surface area contributed by atoms with E-state index < -0.39 is 10.0 Å². The number of benzene rings is 1. The molecule has 0 bridgehead atoms. The minimum atomic E-state index is -3.85. The Kier molecular flexibility index (Phi) is 7.57. The molecule has 2 saturated heterocycles. The van der Waals surface area contributed by atoms with Crippen molar-refractivity contribution in [1.29, 1.82) is 0 Å². The molecule has 184 valence electrons. The number of carbonyl (C=O) groups is 1. The quantitative estimate of drug-likeness (QED) is 0.619. The highest BCUT2D eigenvalue weighted by Crippen LogP contribution is 2.30. The van der Waals surface area contributed by atoms with Crippen LogP contribution in [0.3, 0.4) is 0 Å². The van der Waals surface area contributed by atoms with E-state index in [1.807, 2.05) is 43.0 Å². The van der Waals surface area contributed by atoms with Crippen molar-refractivity contribution < 1.29 is 17.7 Å². The van der Waals surface area contributed by atoms with Crippen molar-refractivity contribution in [2.75, 3.05) is 26.2 Å². The summed E-state index contributed by atoms with van der Waals surface area (Å²) in [6.45, 7) is 7.84. The van der Waals surface area contributed by atoms with Crippen LogP contribution in [0.2, 0.25) is 0 Å². The molecule has 1 aromatic carbocycles. The monoisotopic (exact) mass is 485 g/mol. The number of hydrogen-bond acceptors (Lipinski definition) is 5. The fraction of sp³-hybridized carbons (Fsp3) is 0.538. The zero-order chi connectivity index (χ0) is 24.3. The smallest absolute Gasteiger partial charge is 0.248 e. The standard InChI is InChI=1S/C26H35N3O4S/c1-19-10-11-20(2)22(17-19)12-13-24-25(21(3)27-33-24)34(31,32)29-16-8-9-23(18-29)26(30)28-14-6-4-5-7-15-28/h10-13,17,23H,4-9,14-16,18H2,1-3H3/b13-12+/t23-/m1/s1. The van der Waals surface area contributed by atoms with Crippen molar-refractivity contribution in [1.82, 2.24) is 14.4 Å². The van der Waals surface area contributed by atoms with Gasteiger partial charge in [-0.2, -0.15) is 4.31 Å². The molecule has 4 rings (SSSR count). The molecule has 1 aromatic heterocycles. The van der Waals surface area contributed by atoms with Gasteiger partial charge in [-0.25, -0.2) is 8.42 Å². The van der Waals surface area contributed by atoms with Crippen LogP contribution in [0.4, 0.5) is 0 Å². The molecule has 0 spiro atoms. The zero-order valence-corrected chi connectivity index (χ0v) is 21.2. The summed E-state index contributed by atoms with van der Waals surface area (Å²) in [6, 6.07) is 6.13. The molecule has 2 aromatic rings. The van der Waals surface area contributed by atoms with Crippen LogP contribution in [0.5, 0.6) is 0 Å². The molecule has 0 N–H and O–H groups in total. The highest BCUT2D eigenvalue weighted by atomic mass is 32.2. The van der Waals surface area contributed by atoms with Crippen molar-refractivity contribution >= 4 is 28.1 Å². The van der Waals surface area contributed by atoms with Crippen LogP contribution in [0.1, 0.15) is 66.7 Å². The molecule has 2 fully saturated rings. The average Bonchev–Trinajstić information content (AvgIpc) is 3.02. The van der Waals surface area contributed by atoms with E-state index in [4.69, 9.17) is 4.52 Å². The third kappa shape index (κ3) is 5.28. The molecule has 2 aliphatic rings. The zero-order valence-electron chi connectivity index (χ0n) is 20.4. The highest BCUT2D eigenvalue weighted by molar-refractivity contribution is 7.89. The molecule has 7 nitrogen and oxygen atoms in total. The van der Waals surface area contributed by atoms with Crippen LogP contribution in [0.15, 0.2) is 27.6 Å². The van der Waals surface area contributed by atoms with E-state index >= 15 is 0 Å². The normalized spacial score (nSPS) is 20.6. The fourth-order valence-electron chi connectivity index (χ4n) is 4.94. The molecule has 0 unspecified atom stereocenters. The maximum atomic E-state index is 13.7. The van der Waals surface area contributed by atoms with Gasteiger partial charge in [0, 0.05) is 26.2 Å². The first-order valence-corrected chi connectivity index (χ1v) is 13.7. The number of likely N-dealkylation sites (tertiary alicyclic amines) is 1. The number of hydrogen-bond donors (Lipinski definition) is 0. The molecular formula is C26H35N3O4S. The van der Waals surface area contributed by atoms with Gasteiger partial charge in [-0.1, -0.05) is 47.8 Å². The van der Waals surface area contributed by atoms with Crippen molar-refractivity contribution in [2.45, 2.75) is 64.2 Å². The Bertz CT molecular complexity index is 1160. The maximum Gasteiger partial charge on any atom is 0.248 e. The summed E-state index contributed by atoms with van der Waals surface area (Å²) < 4.78 is 34.3. The summed E-state index contributed by atoms with van der Waals surface area (Å²) >= 11 is 0. The van der Waals surface area contributed by atoms with E-state index in [2.05, 4.69) is 5.16 Å². The molecular weight excluding hydrogens is 450 g/mol. The number of piperidine rings is 1. The van der Waals surface area contributed by atoms with E-state index in [-0.39, 0.29) is 29.0 Å². The molecule has 2 aliphatic heterocycles. The van der Waals surface area contributed by atoms with Gasteiger partial charge in [0.15, 0.2) is 10.7 Å². The SMILES string of the molecule is Cc1ccc(C)c(/C=C/c2onc(C)c2S(=O)(=O)N2CCC[C@@H](C(=O)N3CCCCCC3)C2)c1. The van der Waals surface area contributed by atoms with Gasteiger partial charge in [-0.3, -0.25) is 4.79 Å². The highest BCUT2D eigenvalue weighted by Gasteiger charge is 2.38. The molecule has 1 atom stereocenters. The summed E-state index contributed by atoms with van der Waals surface area (Å²) in [5.41, 5.74) is 3.55. The lowest BCUT2D eigenvalue weighted by Gasteiger charge is -2.34. The van der Waals surface area contributed by atoms with Gasteiger partial charge in [0.1, 0.15) is 5.69 Å². The predicted molar refractivity (Wildman–Crippen MR) is 133 cm³/mol. The first-order chi connectivity index (χ1) is 16.3. The molecule has 34 heavy (non-hydrogen) atoms. The van der Waals surface area contributed by atoms with Gasteiger partial charge in [-0.05, 0) is 63.7 Å². The number of carbonyl (C=O) groups excluding carboxylic acids is 1. The number of sulfonamides is 1. The van der Waals surface area contributed by atoms with E-state index in [0.717, 1.165) is 61.9 Å². The topological polar surface area (TPSA) is 83.7 Å². The molecule has 0 aliphatic carbocycles. The summed E-state index contributed by atoms with van der Waals surface area (Å²) in [5.74, 6) is 0.0222. The Balaban J connectivity index is 1.56. The molecule has 1 amide bonds. The predicted octanol–water partition coefficient (Wildman–Crippen LogP) is 4.57. The van der Waals surface area contributed by atoms with E-state index in [1.165, 1.54) is 4.31 Å². The molecule has 0 saturated carbocycles. The lowest BCUT2D eigenvalue weighted by Crippen LogP contribution is -2.47. The lowest BCUT2D eigenvalue weighted by atomic mass is 9.98. The Labute approximate surface area is 202 Å². The van der Waals surface area contributed by atoms with E-state index in [9.17, 15) is 13.2 Å². The van der Waals surface area contributed by atoms with Gasteiger partial charge < -0.3 is 9.42 Å². The second kappa shape index (κ2) is 10.4. The number of rotatable bonds is 5. The first kappa shape index (κ1) is 24.7. The number of nitrogens with zero attached hydrogens (tertiary/aromatic N) is 3. The van der Waals surface area contributed by atoms with Gasteiger partial charge in [0.2, 0.25) is 15.9 Å². The number of amides is 1. The molecule has 8 heteroatoms. The van der Waals surface area contributed by atoms with Gasteiger partial charge in [0.25, 0.3) is 0 Å². The summed E-state index contributed by atoms with van der Waals surface area (Å²) in [5, 5.41) is 3.96. The van der Waals surface area contributed by atoms with Gasteiger partial charge >= 0.3 is 0 Å². The number of aryl methyl sites for hydroxylation is 3. The fourth-order valence-corrected chi connectivity index (χ4v) is 6.72. The summed E-state index contributed by atoms with van der Waals surface area (Å²) in [7, 11) is -3.85. The van der Waals surface area contributed by atoms with Crippen molar-refractivity contribution in [3.8, 4) is 0 Å². The Morgan fingerprint density at radius 1 is 1.03 bits per heavy atom. The van der Waals surface area contributed by atoms with Crippen LogP contribution in [0.25, 0.3) is 12.2 Å².